The van der Waals surface area contributed by atoms with Crippen LogP contribution in [0.5, 0.6) is 0 Å². The molecule has 1 aliphatic rings. The third-order valence-electron chi connectivity index (χ3n) is 3.64. The van der Waals surface area contributed by atoms with Gasteiger partial charge in [-0.1, -0.05) is 30.3 Å². The molecule has 0 radical (unpaired) electrons. The summed E-state index contributed by atoms with van der Waals surface area (Å²) in [5.74, 6) is 0.181. The number of halogens is 1. The van der Waals surface area contributed by atoms with E-state index >= 15 is 0 Å². The van der Waals surface area contributed by atoms with Gasteiger partial charge in [-0.15, -0.1) is 11.8 Å². The molecule has 1 atom stereocenters. The van der Waals surface area contributed by atoms with Crippen molar-refractivity contribution < 1.29 is 4.79 Å². The number of benzene rings is 2. The highest BCUT2D eigenvalue weighted by atomic mass is 79.9. The Morgan fingerprint density at radius 2 is 1.90 bits per heavy atom. The third kappa shape index (κ3) is 3.01. The van der Waals surface area contributed by atoms with Gasteiger partial charge in [0.2, 0.25) is 5.91 Å². The van der Waals surface area contributed by atoms with Gasteiger partial charge in [-0.2, -0.15) is 0 Å². The quantitative estimate of drug-likeness (QED) is 0.749. The number of carbonyl (C=O) groups is 1. The van der Waals surface area contributed by atoms with Crippen molar-refractivity contribution in [2.45, 2.75) is 23.5 Å². The second kappa shape index (κ2) is 6.24. The fourth-order valence-corrected chi connectivity index (χ4v) is 4.08. The van der Waals surface area contributed by atoms with Crippen LogP contribution in [0.3, 0.4) is 0 Å². The second-order valence-electron chi connectivity index (χ2n) is 5.06. The Hall–Kier alpha value is -1.26. The smallest absolute Gasteiger partial charge is 0.240 e. The van der Waals surface area contributed by atoms with Gasteiger partial charge in [0.1, 0.15) is 0 Å². The van der Waals surface area contributed by atoms with Crippen LogP contribution in [0.2, 0.25) is 0 Å². The van der Waals surface area contributed by atoms with Gasteiger partial charge < -0.3 is 4.90 Å². The highest BCUT2D eigenvalue weighted by Crippen LogP contribution is 2.34. The molecule has 0 aliphatic carbocycles. The predicted molar refractivity (Wildman–Crippen MR) is 92.0 cm³/mol. The molecular formula is C17H16BrNOS. The summed E-state index contributed by atoms with van der Waals surface area (Å²) in [6.07, 6.45) is 0.953. The molecule has 0 saturated carbocycles. The van der Waals surface area contributed by atoms with Crippen molar-refractivity contribution in [1.82, 2.24) is 0 Å². The fourth-order valence-electron chi connectivity index (χ4n) is 2.57. The van der Waals surface area contributed by atoms with Gasteiger partial charge >= 0.3 is 0 Å². The molecule has 3 rings (SSSR count). The predicted octanol–water partition coefficient (Wildman–Crippen LogP) is 4.52. The molecule has 0 aromatic heterocycles. The van der Waals surface area contributed by atoms with Gasteiger partial charge in [-0.25, -0.2) is 0 Å². The van der Waals surface area contributed by atoms with Crippen LogP contribution in [0.25, 0.3) is 0 Å². The molecule has 21 heavy (non-hydrogen) atoms. The lowest BCUT2D eigenvalue weighted by Gasteiger charge is -2.21. The number of fused-ring (bicyclic) bond motifs is 1. The summed E-state index contributed by atoms with van der Waals surface area (Å²) < 4.78 is 1.04. The zero-order valence-corrected chi connectivity index (χ0v) is 14.2. The summed E-state index contributed by atoms with van der Waals surface area (Å²) >= 11 is 5.14. The fraction of sp³-hybridized carbons (Fsp3) is 0.235. The van der Waals surface area contributed by atoms with Crippen molar-refractivity contribution in [1.29, 1.82) is 0 Å². The molecule has 4 heteroatoms. The Morgan fingerprint density at radius 1 is 1.19 bits per heavy atom. The van der Waals surface area contributed by atoms with Crippen LogP contribution in [0.1, 0.15) is 12.5 Å². The van der Waals surface area contributed by atoms with Crippen molar-refractivity contribution in [3.8, 4) is 0 Å². The Balaban J connectivity index is 1.76. The van der Waals surface area contributed by atoms with Gasteiger partial charge in [0.15, 0.2) is 0 Å². The average Bonchev–Trinajstić information content (AvgIpc) is 2.92. The van der Waals surface area contributed by atoms with E-state index in [1.807, 2.05) is 54.3 Å². The molecule has 2 aromatic carbocycles. The normalized spacial score (nSPS) is 14.9. The van der Waals surface area contributed by atoms with Crippen LogP contribution < -0.4 is 4.90 Å². The van der Waals surface area contributed by atoms with Crippen molar-refractivity contribution in [3.05, 3.63) is 58.6 Å². The lowest BCUT2D eigenvalue weighted by Crippen LogP contribution is -2.35. The van der Waals surface area contributed by atoms with Crippen LogP contribution >= 0.6 is 27.7 Å². The van der Waals surface area contributed by atoms with Crippen LogP contribution in [-0.2, 0) is 11.2 Å². The number of rotatable bonds is 3. The monoisotopic (exact) mass is 361 g/mol. The Kier molecular flexibility index (Phi) is 4.36. The molecule has 0 spiro atoms. The topological polar surface area (TPSA) is 20.3 Å². The standard InChI is InChI=1S/C17H16BrNOS/c1-12(21-16-9-5-3-7-14(16)18)17(20)19-11-10-13-6-2-4-8-15(13)19/h2-9,12H,10-11H2,1H3. The highest BCUT2D eigenvalue weighted by molar-refractivity contribution is 9.10. The van der Waals surface area contributed by atoms with Gasteiger partial charge in [0.05, 0.1) is 5.25 Å². The molecule has 2 nitrogen and oxygen atoms in total. The second-order valence-corrected chi connectivity index (χ2v) is 7.30. The van der Waals surface area contributed by atoms with E-state index in [0.29, 0.717) is 0 Å². The molecule has 1 heterocycles. The van der Waals surface area contributed by atoms with Crippen molar-refractivity contribution in [2.24, 2.45) is 0 Å². The van der Waals surface area contributed by atoms with Gasteiger partial charge in [-0.05, 0) is 53.0 Å². The van der Waals surface area contributed by atoms with Crippen molar-refractivity contribution >= 4 is 39.3 Å². The number of thioether (sulfide) groups is 1. The molecular weight excluding hydrogens is 346 g/mol. The first-order chi connectivity index (χ1) is 10.2. The SMILES string of the molecule is CC(Sc1ccccc1Br)C(=O)N1CCc2ccccc21. The number of nitrogens with zero attached hydrogens (tertiary/aromatic N) is 1. The molecule has 0 bridgehead atoms. The molecule has 1 unspecified atom stereocenters. The summed E-state index contributed by atoms with van der Waals surface area (Å²) in [4.78, 5) is 15.7. The van der Waals surface area contributed by atoms with E-state index in [1.54, 1.807) is 11.8 Å². The summed E-state index contributed by atoms with van der Waals surface area (Å²) in [6, 6.07) is 16.2. The summed E-state index contributed by atoms with van der Waals surface area (Å²) in [5, 5.41) is -0.102. The number of hydrogen-bond donors (Lipinski definition) is 0. The van der Waals surface area contributed by atoms with Gasteiger partial charge in [0, 0.05) is 21.6 Å². The number of amides is 1. The molecule has 108 valence electrons. The van der Waals surface area contributed by atoms with E-state index in [2.05, 4.69) is 22.0 Å². The van der Waals surface area contributed by atoms with Crippen LogP contribution in [0.15, 0.2) is 57.9 Å². The first-order valence-electron chi connectivity index (χ1n) is 6.97. The van der Waals surface area contributed by atoms with E-state index in [0.717, 1.165) is 28.0 Å². The molecule has 1 aliphatic heterocycles. The Bertz CT molecular complexity index is 673. The summed E-state index contributed by atoms with van der Waals surface area (Å²) in [6.45, 7) is 2.77. The number of anilines is 1. The average molecular weight is 362 g/mol. The number of hydrogen-bond acceptors (Lipinski definition) is 2. The minimum atomic E-state index is -0.102. The lowest BCUT2D eigenvalue weighted by atomic mass is 10.2. The zero-order chi connectivity index (χ0) is 14.8. The Labute approximate surface area is 137 Å². The molecule has 0 saturated heterocycles. The largest absolute Gasteiger partial charge is 0.311 e. The van der Waals surface area contributed by atoms with Gasteiger partial charge in [-0.3, -0.25) is 4.79 Å². The first kappa shape index (κ1) is 14.7. The lowest BCUT2D eigenvalue weighted by molar-refractivity contribution is -0.117. The minimum absolute atomic E-state index is 0.102. The first-order valence-corrected chi connectivity index (χ1v) is 8.64. The molecule has 1 amide bonds. The van der Waals surface area contributed by atoms with E-state index in [4.69, 9.17) is 0 Å². The molecule has 0 fully saturated rings. The van der Waals surface area contributed by atoms with Crippen LogP contribution in [-0.4, -0.2) is 17.7 Å². The van der Waals surface area contributed by atoms with Crippen molar-refractivity contribution in [2.75, 3.05) is 11.4 Å². The van der Waals surface area contributed by atoms with Crippen molar-refractivity contribution in [3.63, 3.8) is 0 Å². The summed E-state index contributed by atoms with van der Waals surface area (Å²) in [7, 11) is 0. The van der Waals surface area contributed by atoms with E-state index in [9.17, 15) is 4.79 Å². The van der Waals surface area contributed by atoms with Crippen LogP contribution in [0.4, 0.5) is 5.69 Å². The molecule has 0 N–H and O–H groups in total. The third-order valence-corrected chi connectivity index (χ3v) is 5.76. The maximum absolute atomic E-state index is 12.7. The Morgan fingerprint density at radius 3 is 2.71 bits per heavy atom. The maximum atomic E-state index is 12.7. The van der Waals surface area contributed by atoms with Gasteiger partial charge in [0.25, 0.3) is 0 Å². The maximum Gasteiger partial charge on any atom is 0.240 e. The van der Waals surface area contributed by atoms with E-state index in [1.165, 1.54) is 5.56 Å². The van der Waals surface area contributed by atoms with E-state index in [-0.39, 0.29) is 11.2 Å². The zero-order valence-electron chi connectivity index (χ0n) is 11.8. The number of para-hydroxylation sites is 1. The summed E-state index contributed by atoms with van der Waals surface area (Å²) in [5.41, 5.74) is 2.34. The minimum Gasteiger partial charge on any atom is -0.311 e. The molecule has 2 aromatic rings. The van der Waals surface area contributed by atoms with Crippen LogP contribution in [0, 0.1) is 0 Å². The number of carbonyl (C=O) groups excluding carboxylic acids is 1. The van der Waals surface area contributed by atoms with E-state index < -0.39 is 0 Å². The highest BCUT2D eigenvalue weighted by Gasteiger charge is 2.28.